The fraction of sp³-hybridized carbons (Fsp3) is 0.429. The van der Waals surface area contributed by atoms with Crippen molar-refractivity contribution in [2.45, 2.75) is 26.7 Å². The summed E-state index contributed by atoms with van der Waals surface area (Å²) >= 11 is 3.42. The van der Waals surface area contributed by atoms with E-state index in [0.717, 1.165) is 27.8 Å². The number of piperidine rings is 1. The average Bonchev–Trinajstić information content (AvgIpc) is 3.00. The largest absolute Gasteiger partial charge is 0.457 e. The van der Waals surface area contributed by atoms with Crippen LogP contribution in [-0.4, -0.2) is 55.0 Å². The van der Waals surface area contributed by atoms with Gasteiger partial charge in [-0.3, -0.25) is 9.59 Å². The molecule has 0 N–H and O–H groups in total. The molecule has 0 radical (unpaired) electrons. The number of halogens is 1. The molecule has 30 heavy (non-hydrogen) atoms. The van der Waals surface area contributed by atoms with Crippen molar-refractivity contribution in [3.63, 3.8) is 0 Å². The number of hydrogen-bond acceptors (Lipinski definition) is 5. The van der Waals surface area contributed by atoms with Crippen molar-refractivity contribution in [1.82, 2.24) is 8.87 Å². The highest BCUT2D eigenvalue weighted by molar-refractivity contribution is 9.10. The molecule has 1 aromatic heterocycles. The normalized spacial score (nSPS) is 15.9. The molecule has 1 fully saturated rings. The number of Topliss-reactive ketones (excluding diaryl/α,β-unsaturated/α-hetero) is 1. The minimum Gasteiger partial charge on any atom is -0.457 e. The second-order valence-corrected chi connectivity index (χ2v) is 10.5. The molecule has 2 heterocycles. The molecule has 1 aliphatic rings. The van der Waals surface area contributed by atoms with E-state index in [4.69, 9.17) is 4.74 Å². The van der Waals surface area contributed by atoms with E-state index in [1.807, 2.05) is 42.7 Å². The number of sulfonamides is 1. The van der Waals surface area contributed by atoms with Crippen molar-refractivity contribution in [1.29, 1.82) is 0 Å². The van der Waals surface area contributed by atoms with Gasteiger partial charge in [0, 0.05) is 40.2 Å². The molecule has 1 aromatic carbocycles. The Kier molecular flexibility index (Phi) is 6.84. The Hall–Kier alpha value is -1.97. The first kappa shape index (κ1) is 22.7. The third-order valence-electron chi connectivity index (χ3n) is 5.42. The predicted octanol–water partition coefficient (Wildman–Crippen LogP) is 3.25. The van der Waals surface area contributed by atoms with Crippen LogP contribution in [0.3, 0.4) is 0 Å². The third-order valence-corrected chi connectivity index (χ3v) is 7.25. The van der Waals surface area contributed by atoms with Gasteiger partial charge in [0.05, 0.1) is 12.2 Å². The SMILES string of the molecule is Cc1cc(C(=O)COC(=O)C2CCN(S(C)(=O)=O)CC2)c(C)n1-c1ccc(Br)cc1. The van der Waals surface area contributed by atoms with Crippen LogP contribution < -0.4 is 0 Å². The van der Waals surface area contributed by atoms with E-state index in [-0.39, 0.29) is 18.3 Å². The number of aryl methyl sites for hydroxylation is 1. The fourth-order valence-corrected chi connectivity index (χ4v) is 4.93. The summed E-state index contributed by atoms with van der Waals surface area (Å²) in [6, 6.07) is 9.60. The van der Waals surface area contributed by atoms with E-state index in [9.17, 15) is 18.0 Å². The van der Waals surface area contributed by atoms with Gasteiger partial charge in [0.2, 0.25) is 15.8 Å². The molecule has 0 atom stereocenters. The summed E-state index contributed by atoms with van der Waals surface area (Å²) in [7, 11) is -3.25. The maximum Gasteiger partial charge on any atom is 0.309 e. The first-order chi connectivity index (χ1) is 14.1. The van der Waals surface area contributed by atoms with Crippen LogP contribution in [0, 0.1) is 19.8 Å². The Bertz CT molecular complexity index is 1050. The van der Waals surface area contributed by atoms with E-state index in [2.05, 4.69) is 15.9 Å². The number of ketones is 1. The Balaban J connectivity index is 1.62. The molecule has 7 nitrogen and oxygen atoms in total. The van der Waals surface area contributed by atoms with Gasteiger partial charge in [-0.1, -0.05) is 15.9 Å². The lowest BCUT2D eigenvalue weighted by Gasteiger charge is -2.28. The monoisotopic (exact) mass is 496 g/mol. The quantitative estimate of drug-likeness (QED) is 0.452. The first-order valence-corrected chi connectivity index (χ1v) is 12.3. The zero-order chi connectivity index (χ0) is 22.1. The van der Waals surface area contributed by atoms with Crippen molar-refractivity contribution < 1.29 is 22.7 Å². The second-order valence-electron chi connectivity index (χ2n) is 7.56. The molecule has 0 unspecified atom stereocenters. The Morgan fingerprint density at radius 3 is 2.30 bits per heavy atom. The molecule has 2 aromatic rings. The zero-order valence-electron chi connectivity index (χ0n) is 17.2. The van der Waals surface area contributed by atoms with Crippen molar-refractivity contribution in [3.8, 4) is 5.69 Å². The summed E-state index contributed by atoms with van der Waals surface area (Å²) in [4.78, 5) is 25.1. The van der Waals surface area contributed by atoms with E-state index in [1.54, 1.807) is 6.07 Å². The maximum absolute atomic E-state index is 12.7. The summed E-state index contributed by atoms with van der Waals surface area (Å²) in [6.45, 7) is 4.05. The van der Waals surface area contributed by atoms with Gasteiger partial charge >= 0.3 is 5.97 Å². The van der Waals surface area contributed by atoms with Gasteiger partial charge in [0.1, 0.15) is 0 Å². The van der Waals surface area contributed by atoms with Gasteiger partial charge in [-0.15, -0.1) is 0 Å². The van der Waals surface area contributed by atoms with E-state index in [1.165, 1.54) is 4.31 Å². The molecule has 0 bridgehead atoms. The summed E-state index contributed by atoms with van der Waals surface area (Å²) in [5.74, 6) is -1.09. The van der Waals surface area contributed by atoms with Gasteiger partial charge in [-0.05, 0) is 57.0 Å². The molecule has 0 saturated carbocycles. The smallest absolute Gasteiger partial charge is 0.309 e. The Morgan fingerprint density at radius 1 is 1.13 bits per heavy atom. The summed E-state index contributed by atoms with van der Waals surface area (Å²) in [5, 5.41) is 0. The molecule has 0 spiro atoms. The number of rotatable bonds is 6. The molecular weight excluding hydrogens is 472 g/mol. The lowest BCUT2D eigenvalue weighted by molar-refractivity contribution is -0.148. The van der Waals surface area contributed by atoms with Crippen LogP contribution in [0.1, 0.15) is 34.6 Å². The highest BCUT2D eigenvalue weighted by atomic mass is 79.9. The number of benzene rings is 1. The van der Waals surface area contributed by atoms with Gasteiger partial charge in [-0.25, -0.2) is 12.7 Å². The summed E-state index contributed by atoms with van der Waals surface area (Å²) in [6.07, 6.45) is 1.96. The number of carbonyl (C=O) groups excluding carboxylic acids is 2. The molecule has 9 heteroatoms. The van der Waals surface area contributed by atoms with Crippen LogP contribution in [0.25, 0.3) is 5.69 Å². The van der Waals surface area contributed by atoms with Crippen molar-refractivity contribution >= 4 is 37.7 Å². The van der Waals surface area contributed by atoms with Crippen LogP contribution in [0.4, 0.5) is 0 Å². The zero-order valence-corrected chi connectivity index (χ0v) is 19.6. The van der Waals surface area contributed by atoms with Crippen molar-refractivity contribution in [3.05, 3.63) is 51.8 Å². The van der Waals surface area contributed by atoms with E-state index in [0.29, 0.717) is 31.5 Å². The van der Waals surface area contributed by atoms with Gasteiger partial charge in [-0.2, -0.15) is 0 Å². The number of carbonyl (C=O) groups is 2. The molecule has 162 valence electrons. The molecule has 0 amide bonds. The van der Waals surface area contributed by atoms with Crippen molar-refractivity contribution in [2.24, 2.45) is 5.92 Å². The number of ether oxygens (including phenoxy) is 1. The lowest BCUT2D eigenvalue weighted by Crippen LogP contribution is -2.40. The Labute approximate surface area is 185 Å². The highest BCUT2D eigenvalue weighted by Crippen LogP contribution is 2.24. The minimum absolute atomic E-state index is 0.256. The second kappa shape index (κ2) is 9.03. The number of aromatic nitrogens is 1. The third kappa shape index (κ3) is 5.01. The molecule has 3 rings (SSSR count). The summed E-state index contributed by atoms with van der Waals surface area (Å²) in [5.41, 5.74) is 3.17. The molecule has 1 aliphatic heterocycles. The number of esters is 1. The van der Waals surface area contributed by atoms with Crippen LogP contribution in [0.2, 0.25) is 0 Å². The Morgan fingerprint density at radius 2 is 1.73 bits per heavy atom. The first-order valence-electron chi connectivity index (χ1n) is 9.67. The van der Waals surface area contributed by atoms with Crippen LogP contribution in [0.5, 0.6) is 0 Å². The predicted molar refractivity (Wildman–Crippen MR) is 117 cm³/mol. The topological polar surface area (TPSA) is 85.7 Å². The van der Waals surface area contributed by atoms with Gasteiger partial charge < -0.3 is 9.30 Å². The average molecular weight is 497 g/mol. The van der Waals surface area contributed by atoms with E-state index < -0.39 is 16.0 Å². The van der Waals surface area contributed by atoms with Crippen LogP contribution in [0.15, 0.2) is 34.8 Å². The molecule has 1 saturated heterocycles. The maximum atomic E-state index is 12.7. The van der Waals surface area contributed by atoms with Crippen LogP contribution >= 0.6 is 15.9 Å². The van der Waals surface area contributed by atoms with E-state index >= 15 is 0 Å². The number of hydrogen-bond donors (Lipinski definition) is 0. The molecule has 0 aliphatic carbocycles. The fourth-order valence-electron chi connectivity index (χ4n) is 3.79. The lowest BCUT2D eigenvalue weighted by atomic mass is 9.98. The minimum atomic E-state index is -3.25. The van der Waals surface area contributed by atoms with Gasteiger partial charge in [0.15, 0.2) is 6.61 Å². The summed E-state index contributed by atoms with van der Waals surface area (Å²) < 4.78 is 32.7. The van der Waals surface area contributed by atoms with Crippen LogP contribution in [-0.2, 0) is 19.6 Å². The molecular formula is C21H25BrN2O5S. The number of nitrogens with zero attached hydrogens (tertiary/aromatic N) is 2. The van der Waals surface area contributed by atoms with Crippen molar-refractivity contribution in [2.75, 3.05) is 26.0 Å². The highest BCUT2D eigenvalue weighted by Gasteiger charge is 2.30. The van der Waals surface area contributed by atoms with Gasteiger partial charge in [0.25, 0.3) is 0 Å². The standard InChI is InChI=1S/C21H25BrN2O5S/c1-14-12-19(15(2)24(14)18-6-4-17(22)5-7-18)20(25)13-29-21(26)16-8-10-23(11-9-16)30(3,27)28/h4-7,12,16H,8-11,13H2,1-3H3.